The molecule has 5 heteroatoms. The highest BCUT2D eigenvalue weighted by Crippen LogP contribution is 2.50. The third-order valence-corrected chi connectivity index (χ3v) is 4.95. The quantitative estimate of drug-likeness (QED) is 0.788. The molecule has 2 N–H and O–H groups in total. The second kappa shape index (κ2) is 7.51. The van der Waals surface area contributed by atoms with Gasteiger partial charge in [-0.15, -0.1) is 0 Å². The average Bonchev–Trinajstić information content (AvgIpc) is 2.88. The summed E-state index contributed by atoms with van der Waals surface area (Å²) < 4.78 is 16.8. The van der Waals surface area contributed by atoms with Gasteiger partial charge in [0, 0.05) is 11.0 Å². The van der Waals surface area contributed by atoms with E-state index in [2.05, 4.69) is 26.8 Å². The Hall–Kier alpha value is -2.69. The van der Waals surface area contributed by atoms with Crippen molar-refractivity contribution in [3.05, 3.63) is 47.5 Å². The first-order valence-electron chi connectivity index (χ1n) is 9.26. The van der Waals surface area contributed by atoms with E-state index in [1.54, 1.807) is 7.11 Å². The summed E-state index contributed by atoms with van der Waals surface area (Å²) in [5.74, 6) is 1.57. The smallest absolute Gasteiger partial charge is 0.405 e. The van der Waals surface area contributed by atoms with Gasteiger partial charge in [0.05, 0.1) is 13.7 Å². The van der Waals surface area contributed by atoms with Crippen LogP contribution in [0.2, 0.25) is 0 Å². The summed E-state index contributed by atoms with van der Waals surface area (Å²) in [7, 11) is 1.65. The second-order valence-electron chi connectivity index (χ2n) is 7.61. The van der Waals surface area contributed by atoms with Crippen molar-refractivity contribution in [3.8, 4) is 22.6 Å². The van der Waals surface area contributed by atoms with Crippen molar-refractivity contribution in [2.24, 2.45) is 11.1 Å². The largest absolute Gasteiger partial charge is 0.496 e. The van der Waals surface area contributed by atoms with E-state index in [1.807, 2.05) is 30.3 Å². The summed E-state index contributed by atoms with van der Waals surface area (Å²) >= 11 is 0. The van der Waals surface area contributed by atoms with Crippen LogP contribution in [-0.2, 0) is 11.2 Å². The summed E-state index contributed by atoms with van der Waals surface area (Å²) in [5.41, 5.74) is 9.18. The van der Waals surface area contributed by atoms with E-state index in [-0.39, 0.29) is 11.5 Å². The Bertz CT molecular complexity index is 844. The van der Waals surface area contributed by atoms with Crippen molar-refractivity contribution < 1.29 is 19.0 Å². The van der Waals surface area contributed by atoms with Gasteiger partial charge in [0.1, 0.15) is 17.6 Å². The maximum absolute atomic E-state index is 11.4. The average molecular weight is 369 g/mol. The Labute approximate surface area is 160 Å². The molecule has 0 aliphatic heterocycles. The summed E-state index contributed by atoms with van der Waals surface area (Å²) in [6.45, 7) is 6.92. The Balaban J connectivity index is 2.04. The highest BCUT2D eigenvalue weighted by molar-refractivity contribution is 5.74. The monoisotopic (exact) mass is 369 g/mol. The molecular weight excluding hydrogens is 342 g/mol. The number of hydrogen-bond donors (Lipinski definition) is 1. The maximum atomic E-state index is 11.4. The fourth-order valence-corrected chi connectivity index (χ4v) is 3.75. The number of primary amides is 1. The standard InChI is InChI=1S/C22H27NO4/c1-5-9-26-16-8-6-7-14(10-16)17-11-15-13-22(2,3)20(27-21(23)24)18(15)12-19(17)25-4/h6-8,10-12,20H,5,9,13H2,1-4H3,(H2,23,24). The number of rotatable bonds is 6. The minimum absolute atomic E-state index is 0.229. The van der Waals surface area contributed by atoms with Crippen molar-refractivity contribution in [1.29, 1.82) is 0 Å². The van der Waals surface area contributed by atoms with Crippen LogP contribution in [0.3, 0.4) is 0 Å². The van der Waals surface area contributed by atoms with Gasteiger partial charge in [-0.05, 0) is 53.8 Å². The second-order valence-corrected chi connectivity index (χ2v) is 7.61. The number of hydrogen-bond acceptors (Lipinski definition) is 4. The van der Waals surface area contributed by atoms with Gasteiger partial charge in [-0.3, -0.25) is 0 Å². The van der Waals surface area contributed by atoms with Gasteiger partial charge in [0.2, 0.25) is 0 Å². The molecular formula is C22H27NO4. The molecule has 0 radical (unpaired) electrons. The topological polar surface area (TPSA) is 70.8 Å². The molecule has 0 aromatic heterocycles. The van der Waals surface area contributed by atoms with Crippen molar-refractivity contribution >= 4 is 6.09 Å². The first-order chi connectivity index (χ1) is 12.9. The molecule has 0 bridgehead atoms. The lowest BCUT2D eigenvalue weighted by atomic mass is 9.87. The number of nitrogens with two attached hydrogens (primary N) is 1. The summed E-state index contributed by atoms with van der Waals surface area (Å²) in [6, 6.07) is 12.1. The Kier molecular flexibility index (Phi) is 5.31. The van der Waals surface area contributed by atoms with Crippen molar-refractivity contribution in [2.45, 2.75) is 39.7 Å². The molecule has 1 unspecified atom stereocenters. The third kappa shape index (κ3) is 3.87. The lowest BCUT2D eigenvalue weighted by molar-refractivity contribution is 0.0391. The molecule has 2 aromatic rings. The third-order valence-electron chi connectivity index (χ3n) is 4.95. The molecule has 1 aliphatic rings. The molecule has 1 aliphatic carbocycles. The van der Waals surface area contributed by atoms with Gasteiger partial charge in [-0.2, -0.15) is 0 Å². The van der Waals surface area contributed by atoms with Gasteiger partial charge in [0.25, 0.3) is 0 Å². The van der Waals surface area contributed by atoms with Crippen molar-refractivity contribution in [1.82, 2.24) is 0 Å². The number of ether oxygens (including phenoxy) is 3. The molecule has 0 spiro atoms. The molecule has 2 aromatic carbocycles. The maximum Gasteiger partial charge on any atom is 0.405 e. The normalized spacial score (nSPS) is 17.3. The summed E-state index contributed by atoms with van der Waals surface area (Å²) in [4.78, 5) is 11.4. The molecule has 0 saturated heterocycles. The minimum Gasteiger partial charge on any atom is -0.496 e. The van der Waals surface area contributed by atoms with Gasteiger partial charge in [-0.1, -0.05) is 32.9 Å². The molecule has 1 amide bonds. The Morgan fingerprint density at radius 2 is 2.04 bits per heavy atom. The first kappa shape index (κ1) is 19.1. The Morgan fingerprint density at radius 3 is 2.70 bits per heavy atom. The van der Waals surface area contributed by atoms with Crippen molar-refractivity contribution in [3.63, 3.8) is 0 Å². The van der Waals surface area contributed by atoms with Gasteiger partial charge in [0.15, 0.2) is 0 Å². The van der Waals surface area contributed by atoms with Crippen LogP contribution >= 0.6 is 0 Å². The van der Waals surface area contributed by atoms with Crippen LogP contribution in [0.25, 0.3) is 11.1 Å². The number of amides is 1. The molecule has 1 atom stereocenters. The van der Waals surface area contributed by atoms with Crippen molar-refractivity contribution in [2.75, 3.05) is 13.7 Å². The van der Waals surface area contributed by atoms with Crippen LogP contribution in [0.4, 0.5) is 4.79 Å². The van der Waals surface area contributed by atoms with E-state index < -0.39 is 6.09 Å². The Morgan fingerprint density at radius 1 is 1.26 bits per heavy atom. The summed E-state index contributed by atoms with van der Waals surface area (Å²) in [6.07, 6.45) is 0.614. The number of carbonyl (C=O) groups excluding carboxylic acids is 1. The molecule has 5 nitrogen and oxygen atoms in total. The van der Waals surface area contributed by atoms with Crippen LogP contribution in [0.15, 0.2) is 36.4 Å². The molecule has 144 valence electrons. The SMILES string of the molecule is CCCOc1cccc(-c2cc3c(cc2OC)C(OC(N)=O)C(C)(C)C3)c1. The predicted molar refractivity (Wildman–Crippen MR) is 105 cm³/mol. The molecule has 3 rings (SSSR count). The minimum atomic E-state index is -0.759. The number of carbonyl (C=O) groups is 1. The van der Waals surface area contributed by atoms with E-state index in [0.717, 1.165) is 46.6 Å². The van der Waals surface area contributed by atoms with Crippen LogP contribution in [0.1, 0.15) is 44.4 Å². The zero-order valence-corrected chi connectivity index (χ0v) is 16.4. The fraction of sp³-hybridized carbons (Fsp3) is 0.409. The van der Waals surface area contributed by atoms with E-state index >= 15 is 0 Å². The zero-order chi connectivity index (χ0) is 19.6. The first-order valence-corrected chi connectivity index (χ1v) is 9.26. The number of fused-ring (bicyclic) bond motifs is 1. The summed E-state index contributed by atoms with van der Waals surface area (Å²) in [5, 5.41) is 0. The number of methoxy groups -OCH3 is 1. The molecule has 0 saturated carbocycles. The lowest BCUT2D eigenvalue weighted by Gasteiger charge is -2.26. The van der Waals surface area contributed by atoms with Gasteiger partial charge < -0.3 is 19.9 Å². The highest BCUT2D eigenvalue weighted by Gasteiger charge is 2.42. The molecule has 0 fully saturated rings. The molecule has 27 heavy (non-hydrogen) atoms. The lowest BCUT2D eigenvalue weighted by Crippen LogP contribution is -2.25. The van der Waals surface area contributed by atoms with E-state index in [4.69, 9.17) is 19.9 Å². The van der Waals surface area contributed by atoms with Gasteiger partial charge in [-0.25, -0.2) is 4.79 Å². The van der Waals surface area contributed by atoms with E-state index in [1.165, 1.54) is 0 Å². The van der Waals surface area contributed by atoms with Crippen LogP contribution in [-0.4, -0.2) is 19.8 Å². The van der Waals surface area contributed by atoms with Gasteiger partial charge >= 0.3 is 6.09 Å². The highest BCUT2D eigenvalue weighted by atomic mass is 16.6. The van der Waals surface area contributed by atoms with Crippen LogP contribution < -0.4 is 15.2 Å². The van der Waals surface area contributed by atoms with Crippen LogP contribution in [0, 0.1) is 5.41 Å². The molecule has 0 heterocycles. The predicted octanol–water partition coefficient (Wildman–Crippen LogP) is 4.87. The van der Waals surface area contributed by atoms with Crippen LogP contribution in [0.5, 0.6) is 11.5 Å². The zero-order valence-electron chi connectivity index (χ0n) is 16.4. The van der Waals surface area contributed by atoms with E-state index in [0.29, 0.717) is 6.61 Å². The number of benzene rings is 2. The fourth-order valence-electron chi connectivity index (χ4n) is 3.75. The van der Waals surface area contributed by atoms with E-state index in [9.17, 15) is 4.79 Å².